The quantitative estimate of drug-likeness (QED) is 0.753. The molecule has 0 saturated carbocycles. The summed E-state index contributed by atoms with van der Waals surface area (Å²) in [5.74, 6) is 2.43. The van der Waals surface area contributed by atoms with Crippen LogP contribution in [0.1, 0.15) is 54.3 Å². The Balaban J connectivity index is 1.80. The summed E-state index contributed by atoms with van der Waals surface area (Å²) in [4.78, 5) is 16.2. The van der Waals surface area contributed by atoms with Gasteiger partial charge in [0.1, 0.15) is 12.4 Å². The highest BCUT2D eigenvalue weighted by molar-refractivity contribution is 7.09. The Morgan fingerprint density at radius 2 is 2.20 bits per heavy atom. The first-order chi connectivity index (χ1) is 12.1. The van der Waals surface area contributed by atoms with E-state index in [1.165, 1.54) is 5.01 Å². The standard InChI is InChI=1S/C18H26N4O2S/c1-12(2)18-19-14(11-25-18)8-22(3)17-7-15(13-5-6-24-9-13)20-16(21-17)10-23-4/h7,11-13H,5-6,8-10H2,1-4H3. The van der Waals surface area contributed by atoms with Crippen molar-refractivity contribution in [2.45, 2.75) is 45.3 Å². The third-order valence-corrected chi connectivity index (χ3v) is 5.45. The van der Waals surface area contributed by atoms with Gasteiger partial charge < -0.3 is 14.4 Å². The number of nitrogens with zero attached hydrogens (tertiary/aromatic N) is 4. The van der Waals surface area contributed by atoms with Crippen LogP contribution >= 0.6 is 11.3 Å². The van der Waals surface area contributed by atoms with Gasteiger partial charge in [-0.2, -0.15) is 0 Å². The average molecular weight is 362 g/mol. The van der Waals surface area contributed by atoms with Gasteiger partial charge in [-0.3, -0.25) is 0 Å². The van der Waals surface area contributed by atoms with Gasteiger partial charge in [-0.15, -0.1) is 11.3 Å². The van der Waals surface area contributed by atoms with Crippen LogP contribution in [0.4, 0.5) is 5.82 Å². The van der Waals surface area contributed by atoms with E-state index in [1.807, 2.05) is 7.05 Å². The lowest BCUT2D eigenvalue weighted by Crippen LogP contribution is -2.20. The van der Waals surface area contributed by atoms with Crippen molar-refractivity contribution in [2.75, 3.05) is 32.3 Å². The van der Waals surface area contributed by atoms with Crippen LogP contribution in [-0.4, -0.2) is 42.3 Å². The van der Waals surface area contributed by atoms with E-state index in [9.17, 15) is 0 Å². The molecule has 25 heavy (non-hydrogen) atoms. The molecule has 1 unspecified atom stereocenters. The van der Waals surface area contributed by atoms with Crippen molar-refractivity contribution in [3.8, 4) is 0 Å². The van der Waals surface area contributed by atoms with Crippen LogP contribution < -0.4 is 4.90 Å². The molecule has 0 amide bonds. The summed E-state index contributed by atoms with van der Waals surface area (Å²) in [6.45, 7) is 7.02. The minimum absolute atomic E-state index is 0.345. The molecule has 0 N–H and O–H groups in total. The van der Waals surface area contributed by atoms with Gasteiger partial charge in [0.15, 0.2) is 5.82 Å². The largest absolute Gasteiger partial charge is 0.381 e. The monoisotopic (exact) mass is 362 g/mol. The van der Waals surface area contributed by atoms with E-state index in [4.69, 9.17) is 14.5 Å². The molecule has 0 aliphatic carbocycles. The summed E-state index contributed by atoms with van der Waals surface area (Å²) in [5.41, 5.74) is 2.12. The molecular formula is C18H26N4O2S. The lowest BCUT2D eigenvalue weighted by molar-refractivity contribution is 0.177. The van der Waals surface area contributed by atoms with Crippen molar-refractivity contribution >= 4 is 17.2 Å². The van der Waals surface area contributed by atoms with Crippen LogP contribution in [0.15, 0.2) is 11.4 Å². The van der Waals surface area contributed by atoms with Crippen LogP contribution in [0.3, 0.4) is 0 Å². The zero-order valence-electron chi connectivity index (χ0n) is 15.4. The number of methoxy groups -OCH3 is 1. The van der Waals surface area contributed by atoms with E-state index < -0.39 is 0 Å². The molecule has 1 fully saturated rings. The maximum atomic E-state index is 5.52. The molecule has 1 aliphatic rings. The molecule has 1 saturated heterocycles. The lowest BCUT2D eigenvalue weighted by atomic mass is 10.0. The van der Waals surface area contributed by atoms with Crippen molar-refractivity contribution in [1.29, 1.82) is 0 Å². The number of hydrogen-bond acceptors (Lipinski definition) is 7. The van der Waals surface area contributed by atoms with E-state index in [0.29, 0.717) is 18.4 Å². The van der Waals surface area contributed by atoms with Crippen LogP contribution in [0, 0.1) is 0 Å². The Labute approximate surface area is 153 Å². The molecule has 2 aromatic rings. The van der Waals surface area contributed by atoms with E-state index in [2.05, 4.69) is 40.2 Å². The highest BCUT2D eigenvalue weighted by atomic mass is 32.1. The third kappa shape index (κ3) is 4.54. The smallest absolute Gasteiger partial charge is 0.156 e. The summed E-state index contributed by atoms with van der Waals surface area (Å²) in [6, 6.07) is 2.08. The molecule has 3 rings (SSSR count). The topological polar surface area (TPSA) is 60.4 Å². The van der Waals surface area contributed by atoms with Gasteiger partial charge in [0.25, 0.3) is 0 Å². The van der Waals surface area contributed by atoms with Gasteiger partial charge in [0, 0.05) is 44.0 Å². The lowest BCUT2D eigenvalue weighted by Gasteiger charge is -2.19. The van der Waals surface area contributed by atoms with Crippen LogP contribution in [-0.2, 0) is 22.6 Å². The Morgan fingerprint density at radius 1 is 1.36 bits per heavy atom. The number of aromatic nitrogens is 3. The third-order valence-electron chi connectivity index (χ3n) is 4.25. The molecule has 0 radical (unpaired) electrons. The molecule has 6 nitrogen and oxygen atoms in total. The molecule has 0 aromatic carbocycles. The van der Waals surface area contributed by atoms with Crippen molar-refractivity contribution in [3.63, 3.8) is 0 Å². The normalized spacial score (nSPS) is 17.4. The minimum atomic E-state index is 0.345. The molecule has 3 heterocycles. The second-order valence-corrected chi connectivity index (χ2v) is 7.64. The van der Waals surface area contributed by atoms with E-state index >= 15 is 0 Å². The molecule has 7 heteroatoms. The highest BCUT2D eigenvalue weighted by Crippen LogP contribution is 2.27. The zero-order chi connectivity index (χ0) is 17.8. The van der Waals surface area contributed by atoms with Crippen LogP contribution in [0.5, 0.6) is 0 Å². The number of ether oxygens (including phenoxy) is 2. The summed E-state index contributed by atoms with van der Waals surface area (Å²) in [7, 11) is 3.71. The van der Waals surface area contributed by atoms with Crippen molar-refractivity contribution in [2.24, 2.45) is 0 Å². The van der Waals surface area contributed by atoms with Gasteiger partial charge in [-0.05, 0) is 6.42 Å². The predicted octanol–water partition coefficient (Wildman–Crippen LogP) is 3.34. The SMILES string of the molecule is COCc1nc(C2CCOC2)cc(N(C)Cc2csc(C(C)C)n2)n1. The summed E-state index contributed by atoms with van der Waals surface area (Å²) >= 11 is 1.72. The fraction of sp³-hybridized carbons (Fsp3) is 0.611. The Morgan fingerprint density at radius 3 is 2.84 bits per heavy atom. The van der Waals surface area contributed by atoms with Crippen molar-refractivity contribution < 1.29 is 9.47 Å². The average Bonchev–Trinajstić information content (AvgIpc) is 3.26. The van der Waals surface area contributed by atoms with Crippen LogP contribution in [0.25, 0.3) is 0 Å². The van der Waals surface area contributed by atoms with Gasteiger partial charge >= 0.3 is 0 Å². The molecule has 136 valence electrons. The fourth-order valence-corrected chi connectivity index (χ4v) is 3.68. The Hall–Kier alpha value is -1.57. The van der Waals surface area contributed by atoms with Gasteiger partial charge in [-0.25, -0.2) is 15.0 Å². The second kappa shape index (κ2) is 8.21. The summed E-state index contributed by atoms with van der Waals surface area (Å²) in [6.07, 6.45) is 1.01. The molecule has 0 spiro atoms. The maximum absolute atomic E-state index is 5.52. The fourth-order valence-electron chi connectivity index (χ4n) is 2.85. The number of thiazole rings is 1. The zero-order valence-corrected chi connectivity index (χ0v) is 16.2. The van der Waals surface area contributed by atoms with E-state index in [1.54, 1.807) is 18.4 Å². The predicted molar refractivity (Wildman–Crippen MR) is 99.2 cm³/mol. The number of rotatable bonds is 7. The molecule has 1 atom stereocenters. The van der Waals surface area contributed by atoms with E-state index in [-0.39, 0.29) is 0 Å². The first-order valence-electron chi connectivity index (χ1n) is 8.66. The maximum Gasteiger partial charge on any atom is 0.156 e. The molecular weight excluding hydrogens is 336 g/mol. The van der Waals surface area contributed by atoms with Crippen molar-refractivity contribution in [1.82, 2.24) is 15.0 Å². The van der Waals surface area contributed by atoms with Crippen LogP contribution in [0.2, 0.25) is 0 Å². The Kier molecular flexibility index (Phi) is 5.98. The second-order valence-electron chi connectivity index (χ2n) is 6.75. The number of hydrogen-bond donors (Lipinski definition) is 0. The first-order valence-corrected chi connectivity index (χ1v) is 9.54. The first kappa shape index (κ1) is 18.2. The molecule has 2 aromatic heterocycles. The van der Waals surface area contributed by atoms with Gasteiger partial charge in [0.2, 0.25) is 0 Å². The highest BCUT2D eigenvalue weighted by Gasteiger charge is 2.21. The van der Waals surface area contributed by atoms with E-state index in [0.717, 1.165) is 49.2 Å². The van der Waals surface area contributed by atoms with Crippen molar-refractivity contribution in [3.05, 3.63) is 33.7 Å². The molecule has 0 bridgehead atoms. The Bertz CT molecular complexity index is 698. The molecule has 1 aliphatic heterocycles. The number of anilines is 1. The summed E-state index contributed by atoms with van der Waals surface area (Å²) < 4.78 is 10.8. The minimum Gasteiger partial charge on any atom is -0.381 e. The summed E-state index contributed by atoms with van der Waals surface area (Å²) in [5, 5.41) is 3.31. The van der Waals surface area contributed by atoms with Gasteiger partial charge in [0.05, 0.1) is 29.5 Å². The van der Waals surface area contributed by atoms with Gasteiger partial charge in [-0.1, -0.05) is 13.8 Å².